The molecular formula is C21H34IN7O. The highest BCUT2D eigenvalue weighted by molar-refractivity contribution is 14.0. The summed E-state index contributed by atoms with van der Waals surface area (Å²) in [6.45, 7) is 11.4. The molecular weight excluding hydrogens is 493 g/mol. The summed E-state index contributed by atoms with van der Waals surface area (Å²) in [4.78, 5) is 20.8. The molecule has 9 heteroatoms. The molecule has 0 aliphatic carbocycles. The second-order valence-electron chi connectivity index (χ2n) is 7.30. The monoisotopic (exact) mass is 527 g/mol. The molecule has 0 aliphatic heterocycles. The minimum atomic E-state index is -0.101. The van der Waals surface area contributed by atoms with Gasteiger partial charge in [0.2, 0.25) is 5.91 Å². The number of hydrogen-bond donors (Lipinski definition) is 3. The van der Waals surface area contributed by atoms with Crippen molar-refractivity contribution in [3.63, 3.8) is 0 Å². The molecule has 0 fully saturated rings. The number of hydrogen-bond acceptors (Lipinski definition) is 4. The molecule has 0 aromatic carbocycles. The number of aryl methyl sites for hydroxylation is 3. The minimum Gasteiger partial charge on any atom is -0.357 e. The van der Waals surface area contributed by atoms with E-state index in [0.717, 1.165) is 24.2 Å². The zero-order valence-electron chi connectivity index (χ0n) is 18.7. The summed E-state index contributed by atoms with van der Waals surface area (Å²) in [5.74, 6) is 1.17. The average molecular weight is 527 g/mol. The molecule has 0 radical (unpaired) electrons. The second kappa shape index (κ2) is 12.5. The lowest BCUT2D eigenvalue weighted by atomic mass is 10.1. The van der Waals surface area contributed by atoms with Crippen molar-refractivity contribution >= 4 is 41.7 Å². The molecule has 3 N–H and O–H groups in total. The average Bonchev–Trinajstić information content (AvgIpc) is 2.90. The molecule has 2 aromatic rings. The van der Waals surface area contributed by atoms with E-state index in [1.807, 2.05) is 38.6 Å². The van der Waals surface area contributed by atoms with Gasteiger partial charge in [-0.1, -0.05) is 6.07 Å². The maximum atomic E-state index is 12.1. The van der Waals surface area contributed by atoms with Gasteiger partial charge in [-0.15, -0.1) is 24.0 Å². The summed E-state index contributed by atoms with van der Waals surface area (Å²) in [7, 11) is 1.96. The Morgan fingerprint density at radius 1 is 1.27 bits per heavy atom. The number of anilines is 1. The van der Waals surface area contributed by atoms with E-state index < -0.39 is 0 Å². The fraction of sp³-hybridized carbons (Fsp3) is 0.524. The standard InChI is InChI=1S/C21H33N7O.HI/c1-7-22-21(25-15(3)12-18-16(4)27-28(6)17(18)5)23-11-10-20(29)26-19-9-8-14(2)13-24-19;/h8-9,13,15H,7,10-12H2,1-6H3,(H2,22,23,25)(H,24,26,29);1H. The number of aromatic nitrogens is 3. The molecule has 0 bridgehead atoms. The lowest BCUT2D eigenvalue weighted by Gasteiger charge is -2.18. The predicted molar refractivity (Wildman–Crippen MR) is 133 cm³/mol. The van der Waals surface area contributed by atoms with E-state index in [1.54, 1.807) is 12.3 Å². The van der Waals surface area contributed by atoms with Crippen molar-refractivity contribution in [3.8, 4) is 0 Å². The van der Waals surface area contributed by atoms with Crippen LogP contribution in [0, 0.1) is 20.8 Å². The fourth-order valence-corrected chi connectivity index (χ4v) is 3.04. The predicted octanol–water partition coefficient (Wildman–Crippen LogP) is 2.87. The van der Waals surface area contributed by atoms with Gasteiger partial charge < -0.3 is 16.0 Å². The SMILES string of the molecule is CCNC(=NCCC(=O)Nc1ccc(C)cn1)NC(C)Cc1c(C)nn(C)c1C.I. The number of nitrogens with one attached hydrogen (secondary N) is 3. The van der Waals surface area contributed by atoms with Gasteiger partial charge in [-0.25, -0.2) is 4.98 Å². The molecule has 166 valence electrons. The molecule has 0 aliphatic rings. The van der Waals surface area contributed by atoms with Gasteiger partial charge in [0.1, 0.15) is 5.82 Å². The Hall–Kier alpha value is -2.17. The number of carbonyl (C=O) groups excluding carboxylic acids is 1. The third-order valence-electron chi connectivity index (χ3n) is 4.68. The zero-order valence-corrected chi connectivity index (χ0v) is 21.1. The molecule has 2 aromatic heterocycles. The lowest BCUT2D eigenvalue weighted by molar-refractivity contribution is -0.116. The van der Waals surface area contributed by atoms with Crippen molar-refractivity contribution in [1.29, 1.82) is 0 Å². The first-order valence-electron chi connectivity index (χ1n) is 10.1. The van der Waals surface area contributed by atoms with Crippen LogP contribution in [-0.2, 0) is 18.3 Å². The molecule has 1 unspecified atom stereocenters. The zero-order chi connectivity index (χ0) is 21.4. The van der Waals surface area contributed by atoms with Crippen LogP contribution in [0.3, 0.4) is 0 Å². The second-order valence-corrected chi connectivity index (χ2v) is 7.30. The maximum Gasteiger partial charge on any atom is 0.227 e. The molecule has 8 nitrogen and oxygen atoms in total. The van der Waals surface area contributed by atoms with Crippen molar-refractivity contribution in [2.75, 3.05) is 18.4 Å². The van der Waals surface area contributed by atoms with Gasteiger partial charge >= 0.3 is 0 Å². The molecule has 2 heterocycles. The van der Waals surface area contributed by atoms with Crippen LogP contribution >= 0.6 is 24.0 Å². The summed E-state index contributed by atoms with van der Waals surface area (Å²) in [5.41, 5.74) is 4.55. The van der Waals surface area contributed by atoms with Gasteiger partial charge in [-0.3, -0.25) is 14.5 Å². The molecule has 0 spiro atoms. The highest BCUT2D eigenvalue weighted by Gasteiger charge is 2.14. The van der Waals surface area contributed by atoms with Crippen LogP contribution in [0.2, 0.25) is 0 Å². The third kappa shape index (κ3) is 7.92. The Morgan fingerprint density at radius 2 is 2.00 bits per heavy atom. The van der Waals surface area contributed by atoms with Gasteiger partial charge in [0.25, 0.3) is 0 Å². The van der Waals surface area contributed by atoms with Crippen LogP contribution in [0.1, 0.15) is 42.8 Å². The van der Waals surface area contributed by atoms with E-state index in [4.69, 9.17) is 0 Å². The van der Waals surface area contributed by atoms with Gasteiger partial charge in [-0.05, 0) is 58.2 Å². The van der Waals surface area contributed by atoms with Crippen molar-refractivity contribution < 1.29 is 4.79 Å². The van der Waals surface area contributed by atoms with E-state index in [2.05, 4.69) is 44.9 Å². The van der Waals surface area contributed by atoms with Crippen molar-refractivity contribution in [2.45, 2.75) is 53.5 Å². The highest BCUT2D eigenvalue weighted by atomic mass is 127. The summed E-state index contributed by atoms with van der Waals surface area (Å²) in [6, 6.07) is 3.90. The highest BCUT2D eigenvalue weighted by Crippen LogP contribution is 2.14. The first-order valence-corrected chi connectivity index (χ1v) is 10.1. The number of pyridine rings is 1. The van der Waals surface area contributed by atoms with Crippen LogP contribution in [-0.4, -0.2) is 45.8 Å². The largest absolute Gasteiger partial charge is 0.357 e. The van der Waals surface area contributed by atoms with Gasteiger partial charge in [0.15, 0.2) is 5.96 Å². The van der Waals surface area contributed by atoms with E-state index >= 15 is 0 Å². The number of nitrogens with zero attached hydrogens (tertiary/aromatic N) is 4. The smallest absolute Gasteiger partial charge is 0.227 e. The Kier molecular flexibility index (Phi) is 10.8. The number of rotatable bonds is 8. The van der Waals surface area contributed by atoms with Gasteiger partial charge in [-0.2, -0.15) is 5.10 Å². The molecule has 1 atom stereocenters. The lowest BCUT2D eigenvalue weighted by Crippen LogP contribution is -2.43. The molecule has 0 saturated heterocycles. The summed E-state index contributed by atoms with van der Waals surface area (Å²) < 4.78 is 1.91. The van der Waals surface area contributed by atoms with E-state index in [1.165, 1.54) is 11.3 Å². The van der Waals surface area contributed by atoms with Crippen molar-refractivity contribution in [3.05, 3.63) is 40.8 Å². The molecule has 0 saturated carbocycles. The van der Waals surface area contributed by atoms with Crippen molar-refractivity contribution in [1.82, 2.24) is 25.4 Å². The van der Waals surface area contributed by atoms with Crippen LogP contribution < -0.4 is 16.0 Å². The number of amides is 1. The number of carbonyl (C=O) groups is 1. The summed E-state index contributed by atoms with van der Waals surface area (Å²) in [5, 5.41) is 13.9. The van der Waals surface area contributed by atoms with E-state index in [9.17, 15) is 4.79 Å². The minimum absolute atomic E-state index is 0. The molecule has 1 amide bonds. The Morgan fingerprint density at radius 3 is 2.57 bits per heavy atom. The Bertz CT molecular complexity index is 846. The first kappa shape index (κ1) is 25.9. The van der Waals surface area contributed by atoms with E-state index in [-0.39, 0.29) is 35.9 Å². The number of guanidine groups is 1. The van der Waals surface area contributed by atoms with Crippen LogP contribution in [0.25, 0.3) is 0 Å². The Labute approximate surface area is 196 Å². The number of aliphatic imine (C=N–C) groups is 1. The van der Waals surface area contributed by atoms with Crippen LogP contribution in [0.15, 0.2) is 23.3 Å². The number of halogens is 1. The first-order chi connectivity index (χ1) is 13.8. The molecule has 2 rings (SSSR count). The van der Waals surface area contributed by atoms with Crippen molar-refractivity contribution in [2.24, 2.45) is 12.0 Å². The fourth-order valence-electron chi connectivity index (χ4n) is 3.04. The maximum absolute atomic E-state index is 12.1. The third-order valence-corrected chi connectivity index (χ3v) is 4.68. The van der Waals surface area contributed by atoms with Crippen LogP contribution in [0.5, 0.6) is 0 Å². The van der Waals surface area contributed by atoms with E-state index in [0.29, 0.717) is 24.7 Å². The quantitative estimate of drug-likeness (QED) is 0.279. The summed E-state index contributed by atoms with van der Waals surface area (Å²) >= 11 is 0. The molecule has 30 heavy (non-hydrogen) atoms. The Balaban J connectivity index is 0.00000450. The summed E-state index contributed by atoms with van der Waals surface area (Å²) in [6.07, 6.45) is 2.88. The van der Waals surface area contributed by atoms with Gasteiger partial charge in [0, 0.05) is 37.9 Å². The van der Waals surface area contributed by atoms with Gasteiger partial charge in [0.05, 0.1) is 12.2 Å². The topological polar surface area (TPSA) is 96.2 Å². The van der Waals surface area contributed by atoms with Crippen LogP contribution in [0.4, 0.5) is 5.82 Å². The normalized spacial score (nSPS) is 12.1.